The number of hydrogen-bond donors (Lipinski definition) is 8. The Hall–Kier alpha value is -9.08. The van der Waals surface area contributed by atoms with Crippen molar-refractivity contribution >= 4 is 104 Å². The van der Waals surface area contributed by atoms with Crippen LogP contribution in [0.5, 0.6) is 0 Å². The second-order valence-corrected chi connectivity index (χ2v) is 22.7. The lowest BCUT2D eigenvalue weighted by molar-refractivity contribution is -0.177. The van der Waals surface area contributed by atoms with Crippen LogP contribution < -0.4 is 11.5 Å². The Morgan fingerprint density at radius 3 is 1.20 bits per heavy atom. The van der Waals surface area contributed by atoms with Crippen molar-refractivity contribution in [3.05, 3.63) is 176 Å². The minimum Gasteiger partial charge on any atom is -0.479 e. The second-order valence-electron chi connectivity index (χ2n) is 20.6. The number of ether oxygens (including phenoxy) is 4. The van der Waals surface area contributed by atoms with Crippen LogP contribution >= 0.6 is 45.9 Å². The molecule has 0 unspecified atom stereocenters. The third-order valence-electron chi connectivity index (χ3n) is 15.1. The van der Waals surface area contributed by atoms with E-state index in [1.54, 1.807) is 83.6 Å². The van der Waals surface area contributed by atoms with Gasteiger partial charge in [-0.1, -0.05) is 72.8 Å². The first kappa shape index (κ1) is 62.5. The Morgan fingerprint density at radius 1 is 0.544 bits per heavy atom. The summed E-state index contributed by atoms with van der Waals surface area (Å²) in [6.07, 6.45) is -10.4. The average Bonchev–Trinajstić information content (AvgIpc) is 1.97. The molecule has 90 heavy (non-hydrogen) atoms. The highest BCUT2D eigenvalue weighted by atomic mass is 35.5. The van der Waals surface area contributed by atoms with Gasteiger partial charge >= 0.3 is 23.9 Å². The highest BCUT2D eigenvalue weighted by Gasteiger charge is 2.52. The van der Waals surface area contributed by atoms with Crippen molar-refractivity contribution in [1.29, 1.82) is 0 Å². The van der Waals surface area contributed by atoms with Gasteiger partial charge in [0, 0.05) is 23.6 Å². The molecule has 2 aliphatic rings. The molecule has 2 aliphatic heterocycles. The first-order valence-electron chi connectivity index (χ1n) is 26.8. The zero-order valence-corrected chi connectivity index (χ0v) is 49.2. The van der Waals surface area contributed by atoms with Crippen molar-refractivity contribution in [1.82, 2.24) is 49.0 Å². The summed E-state index contributed by atoms with van der Waals surface area (Å²) in [4.78, 5) is 80.5. The summed E-state index contributed by atoms with van der Waals surface area (Å²) in [5.41, 5.74) is 16.0. The number of thiazole rings is 2. The van der Waals surface area contributed by atoms with Gasteiger partial charge in [0.05, 0.1) is 59.4 Å². The van der Waals surface area contributed by atoms with Crippen LogP contribution in [0.3, 0.4) is 0 Å². The second kappa shape index (κ2) is 25.8. The van der Waals surface area contributed by atoms with E-state index in [0.29, 0.717) is 11.1 Å². The maximum atomic E-state index is 15.4. The fourth-order valence-corrected chi connectivity index (χ4v) is 11.9. The van der Waals surface area contributed by atoms with Crippen LogP contribution in [0.4, 0.5) is 20.4 Å². The van der Waals surface area contributed by atoms with E-state index in [1.807, 2.05) is 0 Å². The quantitative estimate of drug-likeness (QED) is 0.0343. The molecule has 0 saturated carbocycles. The lowest BCUT2D eigenvalue weighted by Crippen LogP contribution is -2.44. The lowest BCUT2D eigenvalue weighted by atomic mass is 9.90. The number of nitrogens with zero attached hydrogens (tertiary/aromatic N) is 10. The van der Waals surface area contributed by atoms with E-state index in [1.165, 1.54) is 79.7 Å². The van der Waals surface area contributed by atoms with Crippen molar-refractivity contribution in [3.63, 3.8) is 0 Å². The number of fused-ring (bicyclic) bond motifs is 2. The fourth-order valence-electron chi connectivity index (χ4n) is 10.3. The van der Waals surface area contributed by atoms with Crippen molar-refractivity contribution < 1.29 is 77.5 Å². The van der Waals surface area contributed by atoms with Gasteiger partial charge in [0.1, 0.15) is 35.4 Å². The Kier molecular flexibility index (Phi) is 17.9. The van der Waals surface area contributed by atoms with Gasteiger partial charge in [-0.15, -0.1) is 22.7 Å². The van der Waals surface area contributed by atoms with Gasteiger partial charge in [-0.2, -0.15) is 19.9 Å². The predicted molar refractivity (Wildman–Crippen MR) is 319 cm³/mol. The van der Waals surface area contributed by atoms with Crippen LogP contribution in [0.25, 0.3) is 44.6 Å². The summed E-state index contributed by atoms with van der Waals surface area (Å²) in [5, 5.41) is 63.5. The van der Waals surface area contributed by atoms with E-state index < -0.39 is 97.5 Å². The smallest absolute Gasteiger partial charge is 0.342 e. The summed E-state index contributed by atoms with van der Waals surface area (Å²) in [7, 11) is 0. The SMILES string of the molecule is Nc1nc(Cl)nc2c1ncn2[C@@H]1O[C@H](CO[C@@](Cc2ccc(-c3ccc(C(=O)O)cc3)cc2)(C(=O)O)c2cscn2)[C@@H](O)[C@@H]1F.Nc1nc(Cl)nc2c1ncn2[C@@H]1O[C@H](CO[C@](Cc2ccc(-c3ccc(C(=O)O)cc3)cc2)(C(=O)O)c2cscn2)[C@@H](O)[C@@H]1F. The number of alkyl halides is 2. The number of anilines is 2. The Labute approximate surface area is 523 Å². The first-order chi connectivity index (χ1) is 43.1. The summed E-state index contributed by atoms with van der Waals surface area (Å²) < 4.78 is 57.0. The number of rotatable bonds is 20. The van der Waals surface area contributed by atoms with Crippen molar-refractivity contribution in [2.45, 2.75) is 73.3 Å². The third-order valence-corrected chi connectivity index (χ3v) is 16.6. The van der Waals surface area contributed by atoms with E-state index in [0.717, 1.165) is 22.3 Å². The number of aliphatic hydroxyl groups is 2. The summed E-state index contributed by atoms with van der Waals surface area (Å²) in [6, 6.07) is 26.7. The summed E-state index contributed by atoms with van der Waals surface area (Å²) in [5.74, 6) is -4.78. The molecule has 464 valence electrons. The Balaban J connectivity index is 0.000000185. The number of carboxylic acids is 4. The molecule has 10 aromatic rings. The highest BCUT2D eigenvalue weighted by molar-refractivity contribution is 7.07. The van der Waals surface area contributed by atoms with Crippen LogP contribution in [0.2, 0.25) is 10.6 Å². The van der Waals surface area contributed by atoms with Crippen molar-refractivity contribution in [3.8, 4) is 22.3 Å². The zero-order chi connectivity index (χ0) is 63.8. The van der Waals surface area contributed by atoms with E-state index in [2.05, 4.69) is 39.9 Å². The van der Waals surface area contributed by atoms with Crippen molar-refractivity contribution in [2.75, 3.05) is 24.7 Å². The van der Waals surface area contributed by atoms with E-state index in [-0.39, 0.29) is 79.9 Å². The average molecular weight is 1310 g/mol. The number of nitrogens with two attached hydrogens (primary N) is 2. The molecule has 32 heteroatoms. The zero-order valence-electron chi connectivity index (χ0n) is 46.1. The maximum Gasteiger partial charge on any atom is 0.342 e. The lowest BCUT2D eigenvalue weighted by Gasteiger charge is -2.30. The normalized spacial score (nSPS) is 21.1. The number of halogens is 4. The highest BCUT2D eigenvalue weighted by Crippen LogP contribution is 2.40. The number of aliphatic hydroxyl groups excluding tert-OH is 2. The largest absolute Gasteiger partial charge is 0.479 e. The molecule has 10 atom stereocenters. The molecule has 0 bridgehead atoms. The van der Waals surface area contributed by atoms with E-state index in [9.17, 15) is 39.6 Å². The number of nitrogen functional groups attached to an aromatic ring is 2. The van der Waals surface area contributed by atoms with Crippen LogP contribution in [-0.4, -0.2) is 153 Å². The molecule has 0 radical (unpaired) electrons. The number of aliphatic carboxylic acids is 2. The molecular weight excluding hydrogens is 1260 g/mol. The molecule has 0 aliphatic carbocycles. The van der Waals surface area contributed by atoms with Gasteiger partial charge in [-0.25, -0.2) is 47.9 Å². The Bertz CT molecular complexity index is 3990. The van der Waals surface area contributed by atoms with Crippen LogP contribution in [-0.2, 0) is 52.6 Å². The number of aromatic nitrogens is 10. The Morgan fingerprint density at radius 2 is 0.889 bits per heavy atom. The molecule has 8 heterocycles. The molecule has 10 N–H and O–H groups in total. The number of aromatic carboxylic acids is 2. The molecule has 2 saturated heterocycles. The minimum atomic E-state index is -2.01. The topological polar surface area (TPSA) is 392 Å². The van der Waals surface area contributed by atoms with E-state index >= 15 is 8.78 Å². The standard InChI is InChI=1S/2C29H24ClFN6O7S/c2*30-28-35-23(32)21-24(36-28)37(12-33-21)25-20(31)22(38)18(44-25)10-43-29(27(41)42,19-11-45-13-34-19)9-14-1-3-15(4-2-14)16-5-7-17(8-6-16)26(39)40/h2*1-8,11-13,18,20,22,25,38H,9-10H2,(H,39,40)(H,41,42)(H2,32,35,36)/t18-,20+,22-,25-,29+;18-,20+,22-,25-,29-/m11/s1. The van der Waals surface area contributed by atoms with E-state index in [4.69, 9.17) is 63.8 Å². The van der Waals surface area contributed by atoms with Gasteiger partial charge in [-0.3, -0.25) is 9.13 Å². The van der Waals surface area contributed by atoms with Gasteiger partial charge < -0.3 is 61.1 Å². The molecule has 2 fully saturated rings. The molecule has 4 aromatic carbocycles. The monoisotopic (exact) mass is 1310 g/mol. The first-order valence-corrected chi connectivity index (χ1v) is 29.4. The number of carboxylic acid groups (broad SMARTS) is 4. The van der Waals surface area contributed by atoms with Crippen LogP contribution in [0.15, 0.2) is 131 Å². The van der Waals surface area contributed by atoms with Gasteiger partial charge in [0.15, 0.2) is 47.7 Å². The number of hydrogen-bond acceptors (Lipinski definition) is 22. The number of carbonyl (C=O) groups is 4. The van der Waals surface area contributed by atoms with Gasteiger partial charge in [-0.05, 0) is 80.8 Å². The molecular formula is C58H48Cl2F2N12O14S2. The van der Waals surface area contributed by atoms with Crippen LogP contribution in [0.1, 0.15) is 55.7 Å². The summed E-state index contributed by atoms with van der Waals surface area (Å²) >= 11 is 14.2. The van der Waals surface area contributed by atoms with Crippen molar-refractivity contribution in [2.24, 2.45) is 0 Å². The minimum absolute atomic E-state index is 0.0174. The van der Waals surface area contributed by atoms with Crippen LogP contribution in [0, 0.1) is 0 Å². The number of imidazole rings is 2. The maximum absolute atomic E-state index is 15.4. The molecule has 0 amide bonds. The number of benzene rings is 4. The third kappa shape index (κ3) is 12.4. The molecule has 12 rings (SSSR count). The molecule has 26 nitrogen and oxygen atoms in total. The summed E-state index contributed by atoms with van der Waals surface area (Å²) in [6.45, 7) is -0.999. The van der Waals surface area contributed by atoms with Gasteiger partial charge in [0.25, 0.3) is 0 Å². The molecule has 6 aromatic heterocycles. The predicted octanol–water partition coefficient (Wildman–Crippen LogP) is 7.44. The van der Waals surface area contributed by atoms with Gasteiger partial charge in [0.2, 0.25) is 21.8 Å². The molecule has 0 spiro atoms. The fraction of sp³-hybridized carbons (Fsp3) is 0.241.